The molecule has 0 saturated carbocycles. The summed E-state index contributed by atoms with van der Waals surface area (Å²) in [6.07, 6.45) is 0.420. The van der Waals surface area contributed by atoms with E-state index in [1.54, 1.807) is 0 Å². The Bertz CT molecular complexity index is 406. The molecule has 1 aromatic rings. The summed E-state index contributed by atoms with van der Waals surface area (Å²) >= 11 is 5.14. The van der Waals surface area contributed by atoms with Crippen molar-refractivity contribution in [2.24, 2.45) is 5.92 Å². The van der Waals surface area contributed by atoms with Crippen LogP contribution in [0.4, 0.5) is 5.69 Å². The molecule has 5 heteroatoms. The molecule has 104 valence electrons. The summed E-state index contributed by atoms with van der Waals surface area (Å²) in [5.74, 6) is 0.515. The van der Waals surface area contributed by atoms with Crippen LogP contribution in [0.2, 0.25) is 0 Å². The summed E-state index contributed by atoms with van der Waals surface area (Å²) in [7, 11) is 0. The average Bonchev–Trinajstić information content (AvgIpc) is 2.37. The third-order valence-electron chi connectivity index (χ3n) is 2.38. The number of rotatable bonds is 6. The molecule has 1 amide bonds. The summed E-state index contributed by atoms with van der Waals surface area (Å²) in [4.78, 5) is 11.5. The van der Waals surface area contributed by atoms with Gasteiger partial charge in [0.25, 0.3) is 0 Å². The summed E-state index contributed by atoms with van der Waals surface area (Å²) in [5, 5.41) is 9.46. The highest BCUT2D eigenvalue weighted by atomic mass is 32.1. The van der Waals surface area contributed by atoms with Gasteiger partial charge in [-0.3, -0.25) is 4.79 Å². The highest BCUT2D eigenvalue weighted by Gasteiger charge is 2.02. The van der Waals surface area contributed by atoms with Gasteiger partial charge in [-0.05, 0) is 30.3 Å². The first kappa shape index (κ1) is 15.4. The SMILES string of the molecule is CC(C)CNC(=O)CCNC(=S)Nc1ccccc1. The molecule has 0 spiro atoms. The van der Waals surface area contributed by atoms with Crippen LogP contribution in [0.15, 0.2) is 30.3 Å². The smallest absolute Gasteiger partial charge is 0.221 e. The number of nitrogens with one attached hydrogen (secondary N) is 3. The lowest BCUT2D eigenvalue weighted by molar-refractivity contribution is -0.121. The molecule has 0 fully saturated rings. The van der Waals surface area contributed by atoms with E-state index < -0.39 is 0 Å². The van der Waals surface area contributed by atoms with E-state index in [-0.39, 0.29) is 5.91 Å². The van der Waals surface area contributed by atoms with Crippen molar-refractivity contribution in [3.8, 4) is 0 Å². The van der Waals surface area contributed by atoms with Crippen molar-refractivity contribution in [2.45, 2.75) is 20.3 Å². The average molecular weight is 279 g/mol. The van der Waals surface area contributed by atoms with Gasteiger partial charge in [-0.25, -0.2) is 0 Å². The molecule has 1 aromatic carbocycles. The second-order valence-corrected chi connectivity index (χ2v) is 5.10. The molecule has 0 saturated heterocycles. The monoisotopic (exact) mass is 279 g/mol. The van der Waals surface area contributed by atoms with Crippen LogP contribution in [0.5, 0.6) is 0 Å². The maximum absolute atomic E-state index is 11.5. The quantitative estimate of drug-likeness (QED) is 0.698. The fraction of sp³-hybridized carbons (Fsp3) is 0.429. The van der Waals surface area contributed by atoms with E-state index in [9.17, 15) is 4.79 Å². The number of carbonyl (C=O) groups excluding carboxylic acids is 1. The summed E-state index contributed by atoms with van der Waals surface area (Å²) in [6, 6.07) is 9.68. The Labute approximate surface area is 120 Å². The second kappa shape index (κ2) is 8.48. The zero-order valence-electron chi connectivity index (χ0n) is 11.4. The van der Waals surface area contributed by atoms with E-state index >= 15 is 0 Å². The Balaban J connectivity index is 2.15. The number of thiocarbonyl (C=S) groups is 1. The summed E-state index contributed by atoms with van der Waals surface area (Å²) < 4.78 is 0. The van der Waals surface area contributed by atoms with Crippen LogP contribution >= 0.6 is 12.2 Å². The molecule has 19 heavy (non-hydrogen) atoms. The van der Waals surface area contributed by atoms with Gasteiger partial charge in [-0.2, -0.15) is 0 Å². The van der Waals surface area contributed by atoms with Crippen LogP contribution in [0.3, 0.4) is 0 Å². The van der Waals surface area contributed by atoms with Gasteiger partial charge in [-0.15, -0.1) is 0 Å². The summed E-state index contributed by atoms with van der Waals surface area (Å²) in [5.41, 5.74) is 0.934. The number of hydrogen-bond acceptors (Lipinski definition) is 2. The van der Waals surface area contributed by atoms with Crippen LogP contribution in [0.1, 0.15) is 20.3 Å². The van der Waals surface area contributed by atoms with Crippen molar-refractivity contribution in [3.05, 3.63) is 30.3 Å². The van der Waals surface area contributed by atoms with Crippen LogP contribution in [-0.4, -0.2) is 24.1 Å². The van der Waals surface area contributed by atoms with Gasteiger partial charge in [0.05, 0.1) is 0 Å². The van der Waals surface area contributed by atoms with Gasteiger partial charge in [0.2, 0.25) is 5.91 Å². The molecule has 0 aliphatic rings. The van der Waals surface area contributed by atoms with Crippen molar-refractivity contribution in [1.29, 1.82) is 0 Å². The first-order valence-corrected chi connectivity index (χ1v) is 6.85. The van der Waals surface area contributed by atoms with Crippen molar-refractivity contribution in [3.63, 3.8) is 0 Å². The number of benzene rings is 1. The lowest BCUT2D eigenvalue weighted by Gasteiger charge is -2.11. The standard InChI is InChI=1S/C14H21N3OS/c1-11(2)10-16-13(18)8-9-15-14(19)17-12-6-4-3-5-7-12/h3-7,11H,8-10H2,1-2H3,(H,16,18)(H2,15,17,19). The van der Waals surface area contributed by atoms with Crippen molar-refractivity contribution in [2.75, 3.05) is 18.4 Å². The Morgan fingerprint density at radius 2 is 1.89 bits per heavy atom. The molecule has 0 aliphatic heterocycles. The van der Waals surface area contributed by atoms with Crippen LogP contribution in [0, 0.1) is 5.92 Å². The number of hydrogen-bond donors (Lipinski definition) is 3. The number of para-hydroxylation sites is 1. The van der Waals surface area contributed by atoms with Crippen molar-refractivity contribution in [1.82, 2.24) is 10.6 Å². The highest BCUT2D eigenvalue weighted by molar-refractivity contribution is 7.80. The van der Waals surface area contributed by atoms with Crippen LogP contribution in [-0.2, 0) is 4.79 Å². The molecular formula is C14H21N3OS. The minimum absolute atomic E-state index is 0.0451. The predicted molar refractivity (Wildman–Crippen MR) is 83.1 cm³/mol. The van der Waals surface area contributed by atoms with Gasteiger partial charge in [-0.1, -0.05) is 32.0 Å². The lowest BCUT2D eigenvalue weighted by Crippen LogP contribution is -2.34. The number of anilines is 1. The van der Waals surface area contributed by atoms with Gasteiger partial charge in [0.1, 0.15) is 0 Å². The highest BCUT2D eigenvalue weighted by Crippen LogP contribution is 2.04. The number of carbonyl (C=O) groups is 1. The van der Waals surface area contributed by atoms with Crippen LogP contribution in [0.25, 0.3) is 0 Å². The minimum atomic E-state index is 0.0451. The van der Waals surface area contributed by atoms with Crippen molar-refractivity contribution < 1.29 is 4.79 Å². The largest absolute Gasteiger partial charge is 0.362 e. The molecular weight excluding hydrogens is 258 g/mol. The van der Waals surface area contributed by atoms with Gasteiger partial charge < -0.3 is 16.0 Å². The normalized spacial score (nSPS) is 10.1. The molecule has 0 bridgehead atoms. The molecule has 0 aliphatic carbocycles. The Morgan fingerprint density at radius 3 is 2.53 bits per heavy atom. The zero-order valence-corrected chi connectivity index (χ0v) is 12.2. The predicted octanol–water partition coefficient (Wildman–Crippen LogP) is 2.14. The zero-order chi connectivity index (χ0) is 14.1. The Kier molecular flexibility index (Phi) is 6.89. The molecule has 0 radical (unpaired) electrons. The van der Waals surface area contributed by atoms with E-state index in [4.69, 9.17) is 12.2 Å². The maximum atomic E-state index is 11.5. The first-order chi connectivity index (χ1) is 9.08. The topological polar surface area (TPSA) is 53.2 Å². The minimum Gasteiger partial charge on any atom is -0.362 e. The molecule has 0 heterocycles. The fourth-order valence-electron chi connectivity index (χ4n) is 1.39. The molecule has 1 rings (SSSR count). The van der Waals surface area contributed by atoms with Crippen molar-refractivity contribution >= 4 is 28.9 Å². The van der Waals surface area contributed by atoms with Gasteiger partial charge in [0, 0.05) is 25.2 Å². The fourth-order valence-corrected chi connectivity index (χ4v) is 1.61. The Morgan fingerprint density at radius 1 is 1.21 bits per heavy atom. The molecule has 0 aromatic heterocycles. The molecule has 0 atom stereocenters. The molecule has 3 N–H and O–H groups in total. The van der Waals surface area contributed by atoms with E-state index in [0.29, 0.717) is 30.5 Å². The summed E-state index contributed by atoms with van der Waals surface area (Å²) in [6.45, 7) is 5.38. The van der Waals surface area contributed by atoms with E-state index in [0.717, 1.165) is 5.69 Å². The van der Waals surface area contributed by atoms with Crippen LogP contribution < -0.4 is 16.0 Å². The second-order valence-electron chi connectivity index (χ2n) is 4.69. The van der Waals surface area contributed by atoms with E-state index in [1.165, 1.54) is 0 Å². The molecule has 0 unspecified atom stereocenters. The number of amides is 1. The maximum Gasteiger partial charge on any atom is 0.221 e. The first-order valence-electron chi connectivity index (χ1n) is 6.44. The van der Waals surface area contributed by atoms with Gasteiger partial charge in [0.15, 0.2) is 5.11 Å². The lowest BCUT2D eigenvalue weighted by atomic mass is 10.2. The third-order valence-corrected chi connectivity index (χ3v) is 2.62. The Hall–Kier alpha value is -1.62. The van der Waals surface area contributed by atoms with Gasteiger partial charge >= 0.3 is 0 Å². The van der Waals surface area contributed by atoms with E-state index in [1.807, 2.05) is 30.3 Å². The van der Waals surface area contributed by atoms with E-state index in [2.05, 4.69) is 29.8 Å². The molecule has 4 nitrogen and oxygen atoms in total. The third kappa shape index (κ3) is 7.41.